The van der Waals surface area contributed by atoms with Gasteiger partial charge in [0, 0.05) is 136 Å². The van der Waals surface area contributed by atoms with Crippen LogP contribution in [0.25, 0.3) is 151 Å². The van der Waals surface area contributed by atoms with Crippen LogP contribution in [0, 0.1) is 41.5 Å². The normalized spacial score (nSPS) is 13.7. The number of carboxylic acids is 6. The number of carbonyl (C=O) groups is 6. The summed E-state index contributed by atoms with van der Waals surface area (Å²) in [6.45, 7) is 35.5. The van der Waals surface area contributed by atoms with Gasteiger partial charge >= 0.3 is 51.7 Å². The smallest absolute Gasteiger partial charge is 0.550 e. The van der Waals surface area contributed by atoms with E-state index in [2.05, 4.69) is 49.6 Å². The number of aromatic amines is 6. The molecule has 6 N–H and O–H groups in total. The molecule has 15 rings (SSSR count). The average molecular weight is 2120 g/mol. The molecule has 6 aliphatic rings. The molecule has 3 atom stereocenters. The summed E-state index contributed by atoms with van der Waals surface area (Å²) in [6, 6.07) is 23.0. The van der Waals surface area contributed by atoms with E-state index in [4.69, 9.17) is 99.5 Å². The number of nitrogens with zero attached hydrogens (tertiary/aromatic N) is 6. The predicted molar refractivity (Wildman–Crippen MR) is 532 cm³/mol. The molecular weight excluding hydrogens is 2030 g/mol. The van der Waals surface area contributed by atoms with Crippen LogP contribution >= 0.6 is 69.6 Å². The SMILES string of the molecule is C=Cc1c(C)c2cc3[nH]c(cc4nc(cc5nc(cc1[nH]2)C(C)=C5CCC(=O)[O-])C(CCC(=O)[O-])=C4C)c(C)c3C(Cl)CCl.C=Cc1c(C)c2cc3[nH]c(cc4nc(cc5nc(cc1[nH]2)C(C)=C5CCC(=O)[O-])C(CCC(=O)[O-])=C4C)c(C)c3C(Cl)CCl.C=Cc1c(C)c2cc3[nH]c(cc4nc(cc5nc(cc1[nH]2)C(C)=C5CCC(=O)[O-])C(CCC(=O)[O-])=C4C)c(C)c3C(Cl)CCl.[In+3].[In+3]. The van der Waals surface area contributed by atoms with Gasteiger partial charge in [0.1, 0.15) is 0 Å². The minimum Gasteiger partial charge on any atom is -0.550 e. The minimum absolute atomic E-state index is 0. The molecule has 24 nitrogen and oxygen atoms in total. The maximum atomic E-state index is 11.4. The first-order valence-electron chi connectivity index (χ1n) is 42.9. The fourth-order valence-corrected chi connectivity index (χ4v) is 19.2. The fourth-order valence-electron chi connectivity index (χ4n) is 17.9. The van der Waals surface area contributed by atoms with E-state index < -0.39 is 51.9 Å². The van der Waals surface area contributed by atoms with Crippen molar-refractivity contribution in [2.75, 3.05) is 17.6 Å². The molecule has 9 aromatic rings. The van der Waals surface area contributed by atoms with Gasteiger partial charge in [0.15, 0.2) is 0 Å². The number of carboxylic acid groups (broad SMARTS) is 6. The van der Waals surface area contributed by atoms with Crippen LogP contribution in [0.2, 0.25) is 0 Å². The van der Waals surface area contributed by atoms with Gasteiger partial charge in [-0.3, -0.25) is 0 Å². The maximum Gasteiger partial charge on any atom is 3.00 e. The fraction of sp³-hybridized carbons (Fsp3) is 0.294. The molecule has 15 heterocycles. The van der Waals surface area contributed by atoms with Crippen molar-refractivity contribution in [3.05, 3.63) is 228 Å². The van der Waals surface area contributed by atoms with E-state index in [1.165, 1.54) is 0 Å². The summed E-state index contributed by atoms with van der Waals surface area (Å²) >= 11 is 39.0. The quantitative estimate of drug-likeness (QED) is 0.0260. The zero-order chi connectivity index (χ0) is 95.6. The molecule has 9 aromatic heterocycles. The Morgan fingerprint density at radius 3 is 0.597 bits per heavy atom. The van der Waals surface area contributed by atoms with Crippen LogP contribution in [-0.4, -0.2) is 165 Å². The summed E-state index contributed by atoms with van der Waals surface area (Å²) in [6.07, 6.45) is 5.62. The van der Waals surface area contributed by atoms with Crippen molar-refractivity contribution >= 4 is 308 Å². The van der Waals surface area contributed by atoms with Crippen molar-refractivity contribution in [3.8, 4) is 0 Å². The topological polar surface area (TPSA) is 413 Å². The second-order valence-electron chi connectivity index (χ2n) is 33.3. The van der Waals surface area contributed by atoms with Crippen LogP contribution in [0.1, 0.15) is 270 Å². The van der Waals surface area contributed by atoms with Crippen LogP contribution in [-0.2, 0) is 28.8 Å². The number of halogens is 6. The Morgan fingerprint density at radius 2 is 0.433 bits per heavy atom. The molecule has 684 valence electrons. The third kappa shape index (κ3) is 21.9. The van der Waals surface area contributed by atoms with E-state index in [-0.39, 0.29) is 146 Å². The first-order chi connectivity index (χ1) is 62.8. The van der Waals surface area contributed by atoms with E-state index in [1.54, 1.807) is 18.2 Å². The van der Waals surface area contributed by atoms with E-state index in [9.17, 15) is 59.4 Å². The van der Waals surface area contributed by atoms with Gasteiger partial charge in [0.25, 0.3) is 0 Å². The van der Waals surface area contributed by atoms with Crippen LogP contribution in [0.4, 0.5) is 0 Å². The molecule has 134 heavy (non-hydrogen) atoms. The number of aromatic nitrogens is 12. The van der Waals surface area contributed by atoms with E-state index in [1.807, 2.05) is 156 Å². The molecule has 0 saturated carbocycles. The molecule has 0 aliphatic carbocycles. The standard InChI is InChI=1S/3C34H34Cl2N4O4.2In/c3*1-6-20-16(2)26-13-31-34(23(36)15-35)19(5)27(40-31)11-24-17(3)21(7-9-32(41)42)29(38-24)14-30-22(8-10-33(43)44)18(4)25(39-30)12-28(20)37-26;;/h3*6,11-14,23,37,40H,1,7-10,15H2,2-5H3,(H,41,42)(H,43,44);;/q;;;2*+3/p-6. The predicted octanol–water partition coefficient (Wildman–Crippen LogP) is 17.3. The monoisotopic (exact) mass is 2120 g/mol. The number of nitrogens with one attached hydrogen (secondary N) is 6. The minimum atomic E-state index is -1.16. The second kappa shape index (κ2) is 44.0. The van der Waals surface area contributed by atoms with Gasteiger partial charge < -0.3 is 89.3 Å². The molecule has 6 aliphatic heterocycles. The molecule has 0 radical (unpaired) electrons. The number of alkyl halides is 6. The van der Waals surface area contributed by atoms with Gasteiger partial charge in [-0.15, -0.1) is 69.6 Å². The largest absolute Gasteiger partial charge is 3.00 e. The van der Waals surface area contributed by atoms with Gasteiger partial charge in [-0.2, -0.15) is 0 Å². The van der Waals surface area contributed by atoms with Crippen molar-refractivity contribution in [3.63, 3.8) is 0 Å². The van der Waals surface area contributed by atoms with Crippen LogP contribution < -0.4 is 30.6 Å². The molecule has 0 aromatic carbocycles. The Balaban J connectivity index is 0.000000192. The van der Waals surface area contributed by atoms with Gasteiger partial charge in [-0.25, -0.2) is 29.9 Å². The molecule has 0 saturated heterocycles. The first kappa shape index (κ1) is 104. The van der Waals surface area contributed by atoms with Gasteiger partial charge in [0.05, 0.1) is 84.5 Å². The Labute approximate surface area is 841 Å². The third-order valence-electron chi connectivity index (χ3n) is 25.3. The maximum absolute atomic E-state index is 11.4. The molecule has 24 bridgehead atoms. The van der Waals surface area contributed by atoms with Crippen LogP contribution in [0.3, 0.4) is 0 Å². The second-order valence-corrected chi connectivity index (χ2v) is 35.8. The third-order valence-corrected chi connectivity index (χ3v) is 27.9. The molecule has 0 fully saturated rings. The van der Waals surface area contributed by atoms with Crippen molar-refractivity contribution < 1.29 is 59.4 Å². The molecule has 3 unspecified atom stereocenters. The average Bonchev–Trinajstić information content (AvgIpc) is 1.62. The zero-order valence-electron chi connectivity index (χ0n) is 76.1. The summed E-state index contributed by atoms with van der Waals surface area (Å²) in [5, 5.41) is 67.3. The number of fused-ring (bicyclic) bond motifs is 24. The van der Waals surface area contributed by atoms with Crippen LogP contribution in [0.5, 0.6) is 0 Å². The van der Waals surface area contributed by atoms with Crippen LogP contribution in [0.15, 0.2) is 92.5 Å². The molecular formula is C102H96Cl6In2N12O12. The number of aryl methyl sites for hydroxylation is 6. The van der Waals surface area contributed by atoms with Crippen molar-refractivity contribution in [1.82, 2.24) is 59.8 Å². The number of hydrogen-bond acceptors (Lipinski definition) is 18. The summed E-state index contributed by atoms with van der Waals surface area (Å²) in [5.41, 5.74) is 37.8. The molecule has 32 heteroatoms. The Morgan fingerprint density at radius 1 is 0.269 bits per heavy atom. The Kier molecular flexibility index (Phi) is 34.1. The Bertz CT molecular complexity index is 6520. The van der Waals surface area contributed by atoms with E-state index >= 15 is 0 Å². The Hall–Kier alpha value is -10.7. The van der Waals surface area contributed by atoms with Gasteiger partial charge in [-0.05, 0) is 350 Å². The first-order valence-corrected chi connectivity index (χ1v) is 45.9. The number of carbonyl (C=O) groups excluding carboxylic acids is 6. The molecule has 0 spiro atoms. The zero-order valence-corrected chi connectivity index (χ0v) is 87.3. The van der Waals surface area contributed by atoms with E-state index in [0.717, 1.165) is 200 Å². The summed E-state index contributed by atoms with van der Waals surface area (Å²) < 4.78 is 0. The summed E-state index contributed by atoms with van der Waals surface area (Å²) in [4.78, 5) is 119. The summed E-state index contributed by atoms with van der Waals surface area (Å²) in [7, 11) is 0. The summed E-state index contributed by atoms with van der Waals surface area (Å²) in [5.74, 6) is -6.31. The molecule has 0 amide bonds. The van der Waals surface area contributed by atoms with Crippen molar-refractivity contribution in [1.29, 1.82) is 0 Å². The van der Waals surface area contributed by atoms with Gasteiger partial charge in [-0.1, -0.05) is 38.0 Å². The number of rotatable bonds is 27. The van der Waals surface area contributed by atoms with Crippen molar-refractivity contribution in [2.24, 2.45) is 0 Å². The van der Waals surface area contributed by atoms with E-state index in [0.29, 0.717) is 68.3 Å². The number of allylic oxidation sites excluding steroid dienone is 12. The number of aliphatic carboxylic acids is 6. The number of hydrogen-bond donors (Lipinski definition) is 6. The number of H-pyrrole nitrogens is 6. The van der Waals surface area contributed by atoms with Gasteiger partial charge in [0.2, 0.25) is 0 Å². The van der Waals surface area contributed by atoms with Crippen molar-refractivity contribution in [2.45, 2.75) is 176 Å².